The Kier molecular flexibility index (Phi) is 9.59. The van der Waals surface area contributed by atoms with Crippen molar-refractivity contribution in [1.82, 2.24) is 38.2 Å². The number of imidazole rings is 2. The molecular weight excluding hydrogens is 889 g/mol. The normalized spacial score (nSPS) is 11.6. The van der Waals surface area contributed by atoms with Gasteiger partial charge in [0.15, 0.2) is 0 Å². The summed E-state index contributed by atoms with van der Waals surface area (Å²) in [5.41, 5.74) is 11.7. The molecule has 0 spiro atoms. The smallest absolute Gasteiger partial charge is 0.145 e. The molecule has 14 aromatic rings. The van der Waals surface area contributed by atoms with Gasteiger partial charge in [-0.3, -0.25) is 18.3 Å². The lowest BCUT2D eigenvalue weighted by atomic mass is 10.2. The molecule has 0 aliphatic carbocycles. The molecule has 0 fully saturated rings. The molecule has 340 valence electrons. The first-order valence-corrected chi connectivity index (χ1v) is 23.8. The van der Waals surface area contributed by atoms with Gasteiger partial charge in [0, 0.05) is 57.8 Å². The number of aromatic nitrogens is 8. The largest absolute Gasteiger partial charge is 0.457 e. The number of para-hydroxylation sites is 6. The quantitative estimate of drug-likeness (QED) is 0.136. The molecular formula is C62H40N8O2. The van der Waals surface area contributed by atoms with Gasteiger partial charge in [-0.1, -0.05) is 97.1 Å². The molecule has 0 saturated carbocycles. The Labute approximate surface area is 412 Å². The van der Waals surface area contributed by atoms with Crippen molar-refractivity contribution in [2.24, 2.45) is 0 Å². The molecule has 10 heteroatoms. The molecule has 14 rings (SSSR count). The monoisotopic (exact) mass is 928 g/mol. The minimum atomic E-state index is 0.680. The summed E-state index contributed by atoms with van der Waals surface area (Å²) in [4.78, 5) is 20.1. The van der Waals surface area contributed by atoms with Crippen LogP contribution in [0.4, 0.5) is 0 Å². The van der Waals surface area contributed by atoms with Crippen LogP contribution in [0.2, 0.25) is 0 Å². The number of hydrogen-bond acceptors (Lipinski definition) is 6. The number of fused-ring (bicyclic) bond motifs is 7. The van der Waals surface area contributed by atoms with Crippen molar-refractivity contribution in [2.45, 2.75) is 0 Å². The third-order valence-corrected chi connectivity index (χ3v) is 13.2. The summed E-state index contributed by atoms with van der Waals surface area (Å²) >= 11 is 0. The Morgan fingerprint density at radius 2 is 0.722 bits per heavy atom. The van der Waals surface area contributed by atoms with Crippen molar-refractivity contribution < 1.29 is 9.47 Å². The van der Waals surface area contributed by atoms with Gasteiger partial charge in [-0.05, 0) is 121 Å². The van der Waals surface area contributed by atoms with E-state index in [4.69, 9.17) is 29.4 Å². The van der Waals surface area contributed by atoms with Gasteiger partial charge in [-0.15, -0.1) is 0 Å². The standard InChI is InChI=1S/C62H40N8O2/c1-3-19-43(20-4-1)67-53-27-9-7-25-51(53)65-61(67)41-17-15-23-45(37-41)71-47-31-33-49-55(39-47)69(57-29-11-13-35-63-57)60-50-34-32-48(40-56(50)70(59(49)60)58-30-12-14-36-64-58)72-46-24-16-18-42(38-46)62-66-52-26-8-10-28-54(52)68(62)44-21-5-2-6-22-44/h1-40H. The fraction of sp³-hybridized carbons (Fsp3) is 0. The van der Waals surface area contributed by atoms with Crippen LogP contribution in [0.5, 0.6) is 23.0 Å². The van der Waals surface area contributed by atoms with Gasteiger partial charge < -0.3 is 9.47 Å². The summed E-state index contributed by atoms with van der Waals surface area (Å²) < 4.78 is 22.4. The fourth-order valence-electron chi connectivity index (χ4n) is 10.1. The van der Waals surface area contributed by atoms with Gasteiger partial charge in [0.05, 0.1) is 44.1 Å². The maximum atomic E-state index is 6.78. The van der Waals surface area contributed by atoms with E-state index >= 15 is 0 Å². The van der Waals surface area contributed by atoms with Crippen molar-refractivity contribution in [3.05, 3.63) is 243 Å². The zero-order valence-electron chi connectivity index (χ0n) is 38.5. The zero-order chi connectivity index (χ0) is 47.5. The van der Waals surface area contributed by atoms with E-state index in [1.165, 1.54) is 0 Å². The predicted octanol–water partition coefficient (Wildman–Crippen LogP) is 15.1. The van der Waals surface area contributed by atoms with E-state index in [0.717, 1.165) is 101 Å². The summed E-state index contributed by atoms with van der Waals surface area (Å²) in [5, 5.41) is 2.01. The Balaban J connectivity index is 0.880. The lowest BCUT2D eigenvalue weighted by Crippen LogP contribution is -1.98. The van der Waals surface area contributed by atoms with E-state index in [0.29, 0.717) is 23.0 Å². The highest BCUT2D eigenvalue weighted by atomic mass is 16.5. The molecule has 6 heterocycles. The molecule has 0 aliphatic rings. The van der Waals surface area contributed by atoms with Crippen LogP contribution in [0.15, 0.2) is 243 Å². The molecule has 0 bridgehead atoms. The third-order valence-electron chi connectivity index (χ3n) is 13.2. The molecule has 0 N–H and O–H groups in total. The van der Waals surface area contributed by atoms with E-state index in [1.54, 1.807) is 0 Å². The van der Waals surface area contributed by atoms with Crippen molar-refractivity contribution >= 4 is 54.9 Å². The average Bonchev–Trinajstić information content (AvgIpc) is 4.20. The lowest BCUT2D eigenvalue weighted by molar-refractivity contribution is 0.483. The lowest BCUT2D eigenvalue weighted by Gasteiger charge is -2.13. The Morgan fingerprint density at radius 3 is 1.17 bits per heavy atom. The van der Waals surface area contributed by atoms with Crippen molar-refractivity contribution in [2.75, 3.05) is 0 Å². The first-order chi connectivity index (χ1) is 35.7. The fourth-order valence-corrected chi connectivity index (χ4v) is 10.1. The summed E-state index contributed by atoms with van der Waals surface area (Å²) in [7, 11) is 0. The molecule has 0 amide bonds. The second kappa shape index (κ2) is 16.9. The highest BCUT2D eigenvalue weighted by Gasteiger charge is 2.25. The van der Waals surface area contributed by atoms with Gasteiger partial charge >= 0.3 is 0 Å². The molecule has 72 heavy (non-hydrogen) atoms. The number of hydrogen-bond donors (Lipinski definition) is 0. The number of benzene rings is 8. The van der Waals surface area contributed by atoms with Gasteiger partial charge in [0.25, 0.3) is 0 Å². The van der Waals surface area contributed by atoms with Crippen LogP contribution >= 0.6 is 0 Å². The first-order valence-electron chi connectivity index (χ1n) is 23.8. The van der Waals surface area contributed by atoms with Gasteiger partial charge in [-0.25, -0.2) is 19.9 Å². The molecule has 0 unspecified atom stereocenters. The van der Waals surface area contributed by atoms with Crippen molar-refractivity contribution in [3.8, 4) is 68.8 Å². The molecule has 0 radical (unpaired) electrons. The second-order valence-electron chi connectivity index (χ2n) is 17.6. The molecule has 0 atom stereocenters. The summed E-state index contributed by atoms with van der Waals surface area (Å²) in [6.45, 7) is 0. The summed E-state index contributed by atoms with van der Waals surface area (Å²) in [5.74, 6) is 5.95. The van der Waals surface area contributed by atoms with Crippen LogP contribution in [0.25, 0.3) is 101 Å². The van der Waals surface area contributed by atoms with E-state index in [2.05, 4.69) is 103 Å². The Bertz CT molecular complexity index is 4050. The van der Waals surface area contributed by atoms with E-state index < -0.39 is 0 Å². The van der Waals surface area contributed by atoms with E-state index in [1.807, 2.05) is 158 Å². The average molecular weight is 929 g/mol. The van der Waals surface area contributed by atoms with Crippen molar-refractivity contribution in [3.63, 3.8) is 0 Å². The van der Waals surface area contributed by atoms with Crippen molar-refractivity contribution in [1.29, 1.82) is 0 Å². The molecule has 0 aliphatic heterocycles. The number of ether oxygens (including phenoxy) is 2. The predicted molar refractivity (Wildman–Crippen MR) is 286 cm³/mol. The van der Waals surface area contributed by atoms with Crippen LogP contribution in [-0.2, 0) is 0 Å². The topological polar surface area (TPSA) is 89.7 Å². The third kappa shape index (κ3) is 6.88. The number of pyridine rings is 2. The molecule has 10 nitrogen and oxygen atoms in total. The molecule has 0 saturated heterocycles. The van der Waals surface area contributed by atoms with Crippen LogP contribution in [-0.4, -0.2) is 38.2 Å². The molecule has 6 aromatic heterocycles. The number of nitrogens with zero attached hydrogens (tertiary/aromatic N) is 8. The minimum absolute atomic E-state index is 0.680. The maximum Gasteiger partial charge on any atom is 0.145 e. The Morgan fingerprint density at radius 1 is 0.306 bits per heavy atom. The summed E-state index contributed by atoms with van der Waals surface area (Å²) in [6, 6.07) is 77.9. The highest BCUT2D eigenvalue weighted by Crippen LogP contribution is 2.43. The van der Waals surface area contributed by atoms with Crippen LogP contribution in [0, 0.1) is 0 Å². The highest BCUT2D eigenvalue weighted by molar-refractivity contribution is 6.20. The van der Waals surface area contributed by atoms with Crippen LogP contribution in [0.1, 0.15) is 0 Å². The van der Waals surface area contributed by atoms with Crippen LogP contribution in [0.3, 0.4) is 0 Å². The number of rotatable bonds is 10. The molecule has 8 aromatic carbocycles. The summed E-state index contributed by atoms with van der Waals surface area (Å²) in [6.07, 6.45) is 3.66. The second-order valence-corrected chi connectivity index (χ2v) is 17.6. The zero-order valence-corrected chi connectivity index (χ0v) is 38.5. The van der Waals surface area contributed by atoms with Crippen LogP contribution < -0.4 is 9.47 Å². The van der Waals surface area contributed by atoms with E-state index in [-0.39, 0.29) is 0 Å². The van der Waals surface area contributed by atoms with Gasteiger partial charge in [-0.2, -0.15) is 0 Å². The maximum absolute atomic E-state index is 6.78. The van der Waals surface area contributed by atoms with E-state index in [9.17, 15) is 0 Å². The van der Waals surface area contributed by atoms with Gasteiger partial charge in [0.1, 0.15) is 46.3 Å². The minimum Gasteiger partial charge on any atom is -0.457 e. The SMILES string of the molecule is c1ccc(-n2c(-c3cccc(Oc4ccc5c(c4)n(-c4ccccn4)c4c6ccc(Oc7cccc(-c8nc9ccccc9n8-c8ccccc8)c7)cc6n(-c6ccccn6)c54)c3)nc3ccccc32)cc1. The Hall–Kier alpha value is -10.1. The first kappa shape index (κ1) is 41.0. The van der Waals surface area contributed by atoms with Gasteiger partial charge in [0.2, 0.25) is 0 Å².